The number of piperidine rings is 1. The fourth-order valence-corrected chi connectivity index (χ4v) is 3.70. The summed E-state index contributed by atoms with van der Waals surface area (Å²) in [7, 11) is 0. The molecule has 0 spiro atoms. The van der Waals surface area contributed by atoms with Gasteiger partial charge in [0, 0.05) is 6.04 Å². The van der Waals surface area contributed by atoms with Crippen molar-refractivity contribution < 1.29 is 0 Å². The van der Waals surface area contributed by atoms with Crippen molar-refractivity contribution in [1.82, 2.24) is 10.2 Å². The van der Waals surface area contributed by atoms with Crippen molar-refractivity contribution >= 4 is 0 Å². The topological polar surface area (TPSA) is 15.3 Å². The molecule has 2 aliphatic heterocycles. The summed E-state index contributed by atoms with van der Waals surface area (Å²) in [6.45, 7) is 5.16. The molecule has 1 aromatic rings. The Kier molecular flexibility index (Phi) is 5.10. The van der Waals surface area contributed by atoms with Crippen LogP contribution in [0.25, 0.3) is 0 Å². The lowest BCUT2D eigenvalue weighted by molar-refractivity contribution is 0.177. The average molecular weight is 272 g/mol. The first kappa shape index (κ1) is 14.1. The van der Waals surface area contributed by atoms with Crippen LogP contribution in [0.15, 0.2) is 30.3 Å². The zero-order valence-corrected chi connectivity index (χ0v) is 12.6. The molecule has 2 fully saturated rings. The van der Waals surface area contributed by atoms with Crippen LogP contribution in [-0.2, 0) is 6.42 Å². The maximum atomic E-state index is 3.61. The smallest absolute Gasteiger partial charge is 0.00797 e. The first-order valence-electron chi connectivity index (χ1n) is 8.40. The zero-order valence-electron chi connectivity index (χ0n) is 12.6. The molecule has 110 valence electrons. The van der Waals surface area contributed by atoms with Crippen LogP contribution < -0.4 is 5.32 Å². The maximum absolute atomic E-state index is 3.61. The SMILES string of the molecule is c1ccc(CC2CCN(CCC3CCCN3)CC2)cc1. The van der Waals surface area contributed by atoms with Gasteiger partial charge in [-0.1, -0.05) is 30.3 Å². The lowest BCUT2D eigenvalue weighted by Crippen LogP contribution is -2.37. The molecule has 1 atom stereocenters. The van der Waals surface area contributed by atoms with Crippen LogP contribution in [0.4, 0.5) is 0 Å². The lowest BCUT2D eigenvalue weighted by Gasteiger charge is -2.32. The number of nitrogens with zero attached hydrogens (tertiary/aromatic N) is 1. The first-order chi connectivity index (χ1) is 9.90. The molecule has 0 aromatic heterocycles. The molecule has 1 aromatic carbocycles. The third-order valence-corrected chi connectivity index (χ3v) is 5.03. The van der Waals surface area contributed by atoms with Crippen molar-refractivity contribution in [2.45, 2.75) is 44.6 Å². The first-order valence-corrected chi connectivity index (χ1v) is 8.40. The number of hydrogen-bond acceptors (Lipinski definition) is 2. The van der Waals surface area contributed by atoms with Crippen molar-refractivity contribution in [3.63, 3.8) is 0 Å². The Morgan fingerprint density at radius 3 is 2.55 bits per heavy atom. The molecule has 0 amide bonds. The molecule has 0 aliphatic carbocycles. The Balaban J connectivity index is 1.36. The van der Waals surface area contributed by atoms with E-state index in [1.165, 1.54) is 70.3 Å². The minimum absolute atomic E-state index is 0.803. The van der Waals surface area contributed by atoms with E-state index in [-0.39, 0.29) is 0 Å². The molecule has 0 radical (unpaired) electrons. The number of likely N-dealkylation sites (tertiary alicyclic amines) is 1. The monoisotopic (exact) mass is 272 g/mol. The maximum Gasteiger partial charge on any atom is 0.00797 e. The predicted molar refractivity (Wildman–Crippen MR) is 85.0 cm³/mol. The summed E-state index contributed by atoms with van der Waals surface area (Å²) in [5.41, 5.74) is 1.51. The highest BCUT2D eigenvalue weighted by atomic mass is 15.1. The summed E-state index contributed by atoms with van der Waals surface area (Å²) >= 11 is 0. The van der Waals surface area contributed by atoms with E-state index in [1.807, 2.05) is 0 Å². The number of nitrogens with one attached hydrogen (secondary N) is 1. The summed E-state index contributed by atoms with van der Waals surface area (Å²) < 4.78 is 0. The van der Waals surface area contributed by atoms with Gasteiger partial charge in [0.15, 0.2) is 0 Å². The standard InChI is InChI=1S/C18H28N2/c1-2-5-16(6-3-1)15-17-8-12-20(13-9-17)14-10-18-7-4-11-19-18/h1-3,5-6,17-19H,4,7-15H2. The van der Waals surface area contributed by atoms with Gasteiger partial charge in [0.05, 0.1) is 0 Å². The fourth-order valence-electron chi connectivity index (χ4n) is 3.70. The van der Waals surface area contributed by atoms with Gasteiger partial charge < -0.3 is 10.2 Å². The molecule has 0 saturated carbocycles. The minimum atomic E-state index is 0.803. The van der Waals surface area contributed by atoms with Crippen molar-refractivity contribution in [2.24, 2.45) is 5.92 Å². The molecule has 3 rings (SSSR count). The van der Waals surface area contributed by atoms with Crippen molar-refractivity contribution in [2.75, 3.05) is 26.2 Å². The van der Waals surface area contributed by atoms with E-state index in [4.69, 9.17) is 0 Å². The zero-order chi connectivity index (χ0) is 13.6. The second kappa shape index (κ2) is 7.24. The van der Waals surface area contributed by atoms with Gasteiger partial charge >= 0.3 is 0 Å². The molecule has 2 heterocycles. The van der Waals surface area contributed by atoms with Crippen LogP contribution in [-0.4, -0.2) is 37.1 Å². The van der Waals surface area contributed by atoms with Gasteiger partial charge in [0.1, 0.15) is 0 Å². The van der Waals surface area contributed by atoms with E-state index in [1.54, 1.807) is 0 Å². The van der Waals surface area contributed by atoms with Gasteiger partial charge in [-0.2, -0.15) is 0 Å². The highest BCUT2D eigenvalue weighted by Gasteiger charge is 2.21. The van der Waals surface area contributed by atoms with E-state index < -0.39 is 0 Å². The van der Waals surface area contributed by atoms with Gasteiger partial charge in [0.2, 0.25) is 0 Å². The molecule has 1 N–H and O–H groups in total. The largest absolute Gasteiger partial charge is 0.314 e. The summed E-state index contributed by atoms with van der Waals surface area (Å²) in [5.74, 6) is 0.901. The van der Waals surface area contributed by atoms with E-state index in [2.05, 4.69) is 40.5 Å². The van der Waals surface area contributed by atoms with Gasteiger partial charge in [-0.25, -0.2) is 0 Å². The van der Waals surface area contributed by atoms with E-state index >= 15 is 0 Å². The van der Waals surface area contributed by atoms with Crippen molar-refractivity contribution in [3.8, 4) is 0 Å². The van der Waals surface area contributed by atoms with Crippen LogP contribution in [0.1, 0.15) is 37.7 Å². The van der Waals surface area contributed by atoms with E-state index in [0.717, 1.165) is 12.0 Å². The van der Waals surface area contributed by atoms with Crippen molar-refractivity contribution in [3.05, 3.63) is 35.9 Å². The predicted octanol–water partition coefficient (Wildman–Crippen LogP) is 3.08. The van der Waals surface area contributed by atoms with E-state index in [9.17, 15) is 0 Å². The molecule has 2 saturated heterocycles. The Hall–Kier alpha value is -0.860. The molecule has 1 unspecified atom stereocenters. The van der Waals surface area contributed by atoms with Crippen LogP contribution in [0.3, 0.4) is 0 Å². The Labute approximate surface area is 123 Å². The summed E-state index contributed by atoms with van der Waals surface area (Å²) in [6, 6.07) is 11.8. The van der Waals surface area contributed by atoms with Crippen molar-refractivity contribution in [1.29, 1.82) is 0 Å². The van der Waals surface area contributed by atoms with Crippen LogP contribution >= 0.6 is 0 Å². The molecule has 2 nitrogen and oxygen atoms in total. The highest BCUT2D eigenvalue weighted by Crippen LogP contribution is 2.22. The van der Waals surface area contributed by atoms with E-state index in [0.29, 0.717) is 0 Å². The fraction of sp³-hybridized carbons (Fsp3) is 0.667. The Morgan fingerprint density at radius 1 is 1.05 bits per heavy atom. The van der Waals surface area contributed by atoms with Crippen LogP contribution in [0.2, 0.25) is 0 Å². The van der Waals surface area contributed by atoms with Gasteiger partial charge in [0.25, 0.3) is 0 Å². The molecular weight excluding hydrogens is 244 g/mol. The molecule has 20 heavy (non-hydrogen) atoms. The number of rotatable bonds is 5. The highest BCUT2D eigenvalue weighted by molar-refractivity contribution is 5.15. The third-order valence-electron chi connectivity index (χ3n) is 5.03. The van der Waals surface area contributed by atoms with Gasteiger partial charge in [-0.15, -0.1) is 0 Å². The normalized spacial score (nSPS) is 25.1. The molecule has 2 aliphatic rings. The average Bonchev–Trinajstić information content (AvgIpc) is 3.01. The summed E-state index contributed by atoms with van der Waals surface area (Å²) in [4.78, 5) is 2.68. The summed E-state index contributed by atoms with van der Waals surface area (Å²) in [5, 5.41) is 3.61. The second-order valence-electron chi connectivity index (χ2n) is 6.56. The Morgan fingerprint density at radius 2 is 1.85 bits per heavy atom. The molecule has 0 bridgehead atoms. The van der Waals surface area contributed by atoms with Gasteiger partial charge in [-0.3, -0.25) is 0 Å². The van der Waals surface area contributed by atoms with Crippen LogP contribution in [0, 0.1) is 5.92 Å². The Bertz CT molecular complexity index is 376. The summed E-state index contributed by atoms with van der Waals surface area (Å²) in [6.07, 6.45) is 8.16. The quantitative estimate of drug-likeness (QED) is 0.886. The lowest BCUT2D eigenvalue weighted by atomic mass is 9.90. The third kappa shape index (κ3) is 4.07. The molecular formula is C18H28N2. The van der Waals surface area contributed by atoms with Gasteiger partial charge in [-0.05, 0) is 76.2 Å². The minimum Gasteiger partial charge on any atom is -0.314 e. The number of benzene rings is 1. The van der Waals surface area contributed by atoms with Crippen LogP contribution in [0.5, 0.6) is 0 Å². The second-order valence-corrected chi connectivity index (χ2v) is 6.56. The number of hydrogen-bond donors (Lipinski definition) is 1. The molecule has 2 heteroatoms.